The van der Waals surface area contributed by atoms with Crippen LogP contribution in [0, 0.1) is 5.92 Å². The SMILES string of the molecule is OC(c1ncc[nH]1)C1CCN(Cc2cccc3nccn23)CC1. The number of hydrogen-bond acceptors (Lipinski definition) is 4. The molecule has 23 heavy (non-hydrogen) atoms. The second-order valence-electron chi connectivity index (χ2n) is 6.21. The summed E-state index contributed by atoms with van der Waals surface area (Å²) in [4.78, 5) is 14.0. The highest BCUT2D eigenvalue weighted by molar-refractivity contribution is 5.39. The average molecular weight is 311 g/mol. The van der Waals surface area contributed by atoms with Gasteiger partial charge in [-0.25, -0.2) is 9.97 Å². The van der Waals surface area contributed by atoms with E-state index in [4.69, 9.17) is 0 Å². The zero-order valence-electron chi connectivity index (χ0n) is 13.0. The zero-order chi connectivity index (χ0) is 15.6. The van der Waals surface area contributed by atoms with Crippen LogP contribution in [0.5, 0.6) is 0 Å². The molecule has 0 saturated carbocycles. The number of pyridine rings is 1. The number of aliphatic hydroxyl groups is 1. The number of fused-ring (bicyclic) bond motifs is 1. The number of aliphatic hydroxyl groups excluding tert-OH is 1. The van der Waals surface area contributed by atoms with Crippen molar-refractivity contribution in [2.75, 3.05) is 13.1 Å². The van der Waals surface area contributed by atoms with E-state index in [1.807, 2.05) is 18.5 Å². The van der Waals surface area contributed by atoms with Gasteiger partial charge in [0, 0.05) is 37.0 Å². The van der Waals surface area contributed by atoms with Crippen LogP contribution in [0.3, 0.4) is 0 Å². The van der Waals surface area contributed by atoms with Crippen molar-refractivity contribution in [2.24, 2.45) is 5.92 Å². The van der Waals surface area contributed by atoms with Gasteiger partial charge < -0.3 is 14.5 Å². The smallest absolute Gasteiger partial charge is 0.136 e. The first-order valence-electron chi connectivity index (χ1n) is 8.12. The van der Waals surface area contributed by atoms with E-state index in [1.54, 1.807) is 12.4 Å². The lowest BCUT2D eigenvalue weighted by Crippen LogP contribution is -2.35. The largest absolute Gasteiger partial charge is 0.385 e. The normalized spacial score (nSPS) is 18.5. The molecule has 0 bridgehead atoms. The average Bonchev–Trinajstić information content (AvgIpc) is 3.27. The van der Waals surface area contributed by atoms with Gasteiger partial charge in [-0.15, -0.1) is 0 Å². The molecule has 120 valence electrons. The molecule has 0 aromatic carbocycles. The van der Waals surface area contributed by atoms with Gasteiger partial charge in [-0.1, -0.05) is 6.07 Å². The summed E-state index contributed by atoms with van der Waals surface area (Å²) in [5.41, 5.74) is 2.25. The van der Waals surface area contributed by atoms with E-state index < -0.39 is 6.10 Å². The lowest BCUT2D eigenvalue weighted by atomic mass is 9.91. The molecule has 1 unspecified atom stereocenters. The molecule has 0 radical (unpaired) electrons. The molecule has 3 aromatic rings. The zero-order valence-corrected chi connectivity index (χ0v) is 13.0. The van der Waals surface area contributed by atoms with Crippen LogP contribution < -0.4 is 0 Å². The Morgan fingerprint density at radius 1 is 1.22 bits per heavy atom. The molecule has 1 aliphatic heterocycles. The van der Waals surface area contributed by atoms with Crippen LogP contribution >= 0.6 is 0 Å². The summed E-state index contributed by atoms with van der Waals surface area (Å²) < 4.78 is 2.14. The fourth-order valence-corrected chi connectivity index (χ4v) is 3.45. The first kappa shape index (κ1) is 14.4. The van der Waals surface area contributed by atoms with E-state index in [0.29, 0.717) is 5.82 Å². The van der Waals surface area contributed by atoms with Gasteiger partial charge in [0.05, 0.1) is 0 Å². The minimum Gasteiger partial charge on any atom is -0.385 e. The van der Waals surface area contributed by atoms with Gasteiger partial charge in [0.25, 0.3) is 0 Å². The van der Waals surface area contributed by atoms with Crippen molar-refractivity contribution < 1.29 is 5.11 Å². The van der Waals surface area contributed by atoms with Gasteiger partial charge in [-0.2, -0.15) is 0 Å². The van der Waals surface area contributed by atoms with Gasteiger partial charge in [0.1, 0.15) is 17.6 Å². The summed E-state index contributed by atoms with van der Waals surface area (Å²) in [6.07, 6.45) is 8.80. The second-order valence-corrected chi connectivity index (χ2v) is 6.21. The Labute approximate surface area is 134 Å². The Hall–Kier alpha value is -2.18. The van der Waals surface area contributed by atoms with Crippen molar-refractivity contribution in [1.29, 1.82) is 0 Å². The van der Waals surface area contributed by atoms with Crippen molar-refractivity contribution in [3.8, 4) is 0 Å². The van der Waals surface area contributed by atoms with Crippen LogP contribution in [-0.2, 0) is 6.54 Å². The van der Waals surface area contributed by atoms with Gasteiger partial charge in [-0.3, -0.25) is 4.90 Å². The number of nitrogens with one attached hydrogen (secondary N) is 1. The van der Waals surface area contributed by atoms with Crippen LogP contribution in [0.2, 0.25) is 0 Å². The number of nitrogens with zero attached hydrogens (tertiary/aromatic N) is 4. The molecule has 1 aliphatic rings. The van der Waals surface area contributed by atoms with Crippen LogP contribution in [0.4, 0.5) is 0 Å². The lowest BCUT2D eigenvalue weighted by Gasteiger charge is -2.33. The van der Waals surface area contributed by atoms with Crippen molar-refractivity contribution in [1.82, 2.24) is 24.3 Å². The number of aromatic amines is 1. The highest BCUT2D eigenvalue weighted by atomic mass is 16.3. The summed E-state index contributed by atoms with van der Waals surface area (Å²) in [6, 6.07) is 6.24. The monoisotopic (exact) mass is 311 g/mol. The minimum absolute atomic E-state index is 0.279. The molecule has 4 rings (SSSR count). The maximum absolute atomic E-state index is 10.4. The molecule has 0 amide bonds. The van der Waals surface area contributed by atoms with Crippen molar-refractivity contribution in [3.05, 3.63) is 54.5 Å². The Bertz CT molecular complexity index is 758. The van der Waals surface area contributed by atoms with Crippen LogP contribution in [0.1, 0.15) is 30.5 Å². The van der Waals surface area contributed by atoms with Gasteiger partial charge in [0.15, 0.2) is 0 Å². The van der Waals surface area contributed by atoms with Crippen molar-refractivity contribution in [2.45, 2.75) is 25.5 Å². The molecule has 6 nitrogen and oxygen atoms in total. The lowest BCUT2D eigenvalue weighted by molar-refractivity contribution is 0.0511. The molecule has 1 atom stereocenters. The highest BCUT2D eigenvalue weighted by Gasteiger charge is 2.27. The molecule has 0 spiro atoms. The van der Waals surface area contributed by atoms with Gasteiger partial charge >= 0.3 is 0 Å². The summed E-state index contributed by atoms with van der Waals surface area (Å²) in [7, 11) is 0. The maximum Gasteiger partial charge on any atom is 0.136 e. The predicted octanol–water partition coefficient (Wildman–Crippen LogP) is 2.00. The first-order chi connectivity index (χ1) is 11.3. The van der Waals surface area contributed by atoms with Crippen LogP contribution in [0.25, 0.3) is 5.65 Å². The van der Waals surface area contributed by atoms with Gasteiger partial charge in [-0.05, 0) is 44.0 Å². The maximum atomic E-state index is 10.4. The Morgan fingerprint density at radius 2 is 2.09 bits per heavy atom. The summed E-state index contributed by atoms with van der Waals surface area (Å²) in [5, 5.41) is 10.4. The van der Waals surface area contributed by atoms with Crippen LogP contribution in [-0.4, -0.2) is 42.4 Å². The van der Waals surface area contributed by atoms with E-state index in [1.165, 1.54) is 5.69 Å². The van der Waals surface area contributed by atoms with E-state index in [9.17, 15) is 5.11 Å². The van der Waals surface area contributed by atoms with E-state index >= 15 is 0 Å². The first-order valence-corrected chi connectivity index (χ1v) is 8.12. The fraction of sp³-hybridized carbons (Fsp3) is 0.412. The van der Waals surface area contributed by atoms with E-state index in [2.05, 4.69) is 36.4 Å². The third-order valence-corrected chi connectivity index (χ3v) is 4.78. The highest BCUT2D eigenvalue weighted by Crippen LogP contribution is 2.29. The third kappa shape index (κ3) is 2.87. The molecule has 3 aromatic heterocycles. The Kier molecular flexibility index (Phi) is 3.85. The molecule has 0 aliphatic carbocycles. The molecular formula is C17H21N5O. The summed E-state index contributed by atoms with van der Waals surface area (Å²) in [5.74, 6) is 0.966. The summed E-state index contributed by atoms with van der Waals surface area (Å²) in [6.45, 7) is 2.90. The Balaban J connectivity index is 1.39. The summed E-state index contributed by atoms with van der Waals surface area (Å²) >= 11 is 0. The number of piperidine rings is 1. The topological polar surface area (TPSA) is 69.5 Å². The molecular weight excluding hydrogens is 290 g/mol. The molecule has 1 saturated heterocycles. The quantitative estimate of drug-likeness (QED) is 0.773. The minimum atomic E-state index is -0.482. The molecule has 2 N–H and O–H groups in total. The molecule has 4 heterocycles. The van der Waals surface area contributed by atoms with E-state index in [-0.39, 0.29) is 5.92 Å². The van der Waals surface area contributed by atoms with Crippen molar-refractivity contribution in [3.63, 3.8) is 0 Å². The van der Waals surface area contributed by atoms with E-state index in [0.717, 1.165) is 38.1 Å². The van der Waals surface area contributed by atoms with Crippen molar-refractivity contribution >= 4 is 5.65 Å². The fourth-order valence-electron chi connectivity index (χ4n) is 3.45. The standard InChI is InChI=1S/C17H21N5O/c23-16(17-19-6-7-20-17)13-4-9-21(10-5-13)12-14-2-1-3-15-18-8-11-22(14)15/h1-3,6-8,11,13,16,23H,4-5,9-10,12H2,(H,19,20). The second kappa shape index (κ2) is 6.14. The van der Waals surface area contributed by atoms with Gasteiger partial charge in [0.2, 0.25) is 0 Å². The number of H-pyrrole nitrogens is 1. The number of rotatable bonds is 4. The number of likely N-dealkylation sites (tertiary alicyclic amines) is 1. The third-order valence-electron chi connectivity index (χ3n) is 4.78. The predicted molar refractivity (Wildman–Crippen MR) is 86.7 cm³/mol. The number of aromatic nitrogens is 4. The number of imidazole rings is 2. The molecule has 1 fully saturated rings. The van der Waals surface area contributed by atoms with Crippen LogP contribution in [0.15, 0.2) is 43.0 Å². The number of hydrogen-bond donors (Lipinski definition) is 2. The molecule has 6 heteroatoms. The Morgan fingerprint density at radius 3 is 2.87 bits per heavy atom.